The number of aryl methyl sites for hydroxylation is 1. The summed E-state index contributed by atoms with van der Waals surface area (Å²) in [5.74, 6) is 0. The van der Waals surface area contributed by atoms with Crippen LogP contribution in [0.5, 0.6) is 0 Å². The van der Waals surface area contributed by atoms with Gasteiger partial charge in [0.15, 0.2) is 10.7 Å². The Hall–Kier alpha value is -1.78. The van der Waals surface area contributed by atoms with E-state index in [1.165, 1.54) is 12.1 Å². The maximum atomic E-state index is 12.7. The maximum Gasteiger partial charge on any atom is 0.435 e. The Morgan fingerprint density at radius 2 is 1.92 bits per heavy atom. The number of sulfonamides is 1. The summed E-state index contributed by atoms with van der Waals surface area (Å²) in [5, 5.41) is 2.93. The van der Waals surface area contributed by atoms with Crippen LogP contribution in [0.3, 0.4) is 0 Å². The van der Waals surface area contributed by atoms with Gasteiger partial charge in [0.2, 0.25) is 0 Å². The Kier molecular flexibility index (Phi) is 5.35. The highest BCUT2D eigenvalue weighted by atomic mass is 35.5. The molecule has 0 aliphatic rings. The topological polar surface area (TPSA) is 67.2 Å². The molecule has 0 fully saturated rings. The second-order valence-corrected chi connectivity index (χ2v) is 7.68. The highest BCUT2D eigenvalue weighted by molar-refractivity contribution is 7.92. The van der Waals surface area contributed by atoms with Crippen LogP contribution < -0.4 is 4.72 Å². The molecule has 0 saturated heterocycles. The molecular formula is C14H16ClF3N4O2S. The smallest absolute Gasteiger partial charge is 0.305 e. The standard InChI is InChI=1S/C14H16ClF3N4O2S/c1-21(2)8-9-4-5-10(6-11(9)15)20-25(23,24)13-7-12(14(16,17)18)19-22(13)3/h4-7,20H,8H2,1-3H3. The predicted octanol–water partition coefficient (Wildman–Crippen LogP) is 2.95. The Morgan fingerprint density at radius 1 is 1.28 bits per heavy atom. The van der Waals surface area contributed by atoms with Crippen LogP contribution >= 0.6 is 11.6 Å². The average Bonchev–Trinajstić information content (AvgIpc) is 2.84. The Morgan fingerprint density at radius 3 is 2.40 bits per heavy atom. The molecule has 0 aliphatic heterocycles. The molecule has 0 aliphatic carbocycles. The van der Waals surface area contributed by atoms with E-state index in [1.54, 1.807) is 6.07 Å². The molecule has 0 amide bonds. The Labute approximate surface area is 148 Å². The van der Waals surface area contributed by atoms with Crippen LogP contribution in [0, 0.1) is 0 Å². The molecule has 1 heterocycles. The molecule has 6 nitrogen and oxygen atoms in total. The highest BCUT2D eigenvalue weighted by Gasteiger charge is 2.36. The van der Waals surface area contributed by atoms with E-state index in [0.29, 0.717) is 22.3 Å². The SMILES string of the molecule is CN(C)Cc1ccc(NS(=O)(=O)c2cc(C(F)(F)F)nn2C)cc1Cl. The number of nitrogens with one attached hydrogen (secondary N) is 1. The van der Waals surface area contributed by atoms with Crippen molar-refractivity contribution in [1.82, 2.24) is 14.7 Å². The van der Waals surface area contributed by atoms with Crippen molar-refractivity contribution in [2.75, 3.05) is 18.8 Å². The minimum Gasteiger partial charge on any atom is -0.305 e. The Balaban J connectivity index is 2.30. The maximum absolute atomic E-state index is 12.7. The molecule has 11 heteroatoms. The van der Waals surface area contributed by atoms with Gasteiger partial charge >= 0.3 is 6.18 Å². The number of hydrogen-bond donors (Lipinski definition) is 1. The summed E-state index contributed by atoms with van der Waals surface area (Å²) in [7, 11) is 0.577. The van der Waals surface area contributed by atoms with Crippen LogP contribution in [0.2, 0.25) is 5.02 Å². The van der Waals surface area contributed by atoms with Crippen LogP contribution in [0.1, 0.15) is 11.3 Å². The number of benzene rings is 1. The van der Waals surface area contributed by atoms with Crippen LogP contribution in [0.4, 0.5) is 18.9 Å². The van der Waals surface area contributed by atoms with E-state index in [4.69, 9.17) is 11.6 Å². The van der Waals surface area contributed by atoms with E-state index in [9.17, 15) is 21.6 Å². The van der Waals surface area contributed by atoms with Crippen molar-refractivity contribution in [2.45, 2.75) is 17.7 Å². The van der Waals surface area contributed by atoms with Gasteiger partial charge in [0, 0.05) is 24.7 Å². The summed E-state index contributed by atoms with van der Waals surface area (Å²) in [6.45, 7) is 0.558. The van der Waals surface area contributed by atoms with Crippen LogP contribution in [0.15, 0.2) is 29.3 Å². The summed E-state index contributed by atoms with van der Waals surface area (Å²) in [6.07, 6.45) is -4.73. The van der Waals surface area contributed by atoms with E-state index in [1.807, 2.05) is 19.0 Å². The normalized spacial score (nSPS) is 12.6. The van der Waals surface area contributed by atoms with E-state index >= 15 is 0 Å². The summed E-state index contributed by atoms with van der Waals surface area (Å²) in [5.41, 5.74) is -0.355. The first kappa shape index (κ1) is 19.5. The minimum absolute atomic E-state index is 0.141. The largest absolute Gasteiger partial charge is 0.435 e. The molecule has 1 N–H and O–H groups in total. The monoisotopic (exact) mass is 396 g/mol. The lowest BCUT2D eigenvalue weighted by Crippen LogP contribution is -2.17. The minimum atomic E-state index is -4.73. The number of aromatic nitrogens is 2. The lowest BCUT2D eigenvalue weighted by Gasteiger charge is -2.13. The van der Waals surface area contributed by atoms with Crippen molar-refractivity contribution >= 4 is 27.3 Å². The molecule has 2 aromatic rings. The van der Waals surface area contributed by atoms with Crippen molar-refractivity contribution in [3.63, 3.8) is 0 Å². The number of halogens is 4. The van der Waals surface area contributed by atoms with Gasteiger partial charge in [-0.2, -0.15) is 26.7 Å². The molecule has 1 aromatic heterocycles. The molecule has 0 radical (unpaired) electrons. The van der Waals surface area contributed by atoms with E-state index in [0.717, 1.165) is 12.6 Å². The molecule has 0 saturated carbocycles. The predicted molar refractivity (Wildman–Crippen MR) is 87.9 cm³/mol. The van der Waals surface area contributed by atoms with Gasteiger partial charge in [-0.05, 0) is 31.8 Å². The molecule has 25 heavy (non-hydrogen) atoms. The second kappa shape index (κ2) is 6.85. The third-order valence-electron chi connectivity index (χ3n) is 3.19. The van der Waals surface area contributed by atoms with Gasteiger partial charge < -0.3 is 4.90 Å². The number of anilines is 1. The lowest BCUT2D eigenvalue weighted by atomic mass is 10.2. The van der Waals surface area contributed by atoms with Crippen molar-refractivity contribution in [3.8, 4) is 0 Å². The van der Waals surface area contributed by atoms with E-state index in [2.05, 4.69) is 9.82 Å². The molecule has 2 rings (SSSR count). The van der Waals surface area contributed by atoms with Crippen molar-refractivity contribution in [3.05, 3.63) is 40.5 Å². The van der Waals surface area contributed by atoms with Crippen LogP contribution in [-0.4, -0.2) is 37.2 Å². The first-order valence-electron chi connectivity index (χ1n) is 6.97. The first-order valence-corrected chi connectivity index (χ1v) is 8.83. The van der Waals surface area contributed by atoms with Crippen LogP contribution in [0.25, 0.3) is 0 Å². The second-order valence-electron chi connectivity index (χ2n) is 5.64. The quantitative estimate of drug-likeness (QED) is 0.843. The fourth-order valence-electron chi connectivity index (χ4n) is 2.13. The molecule has 0 bridgehead atoms. The molecule has 0 atom stereocenters. The van der Waals surface area contributed by atoms with Gasteiger partial charge in [0.25, 0.3) is 10.0 Å². The zero-order chi connectivity index (χ0) is 19.0. The molecule has 1 aromatic carbocycles. The Bertz CT molecular complexity index is 879. The van der Waals surface area contributed by atoms with Gasteiger partial charge in [-0.25, -0.2) is 0 Å². The summed E-state index contributed by atoms with van der Waals surface area (Å²) < 4.78 is 65.6. The first-order chi connectivity index (χ1) is 11.4. The average molecular weight is 397 g/mol. The zero-order valence-electron chi connectivity index (χ0n) is 13.6. The van der Waals surface area contributed by atoms with Gasteiger partial charge in [-0.1, -0.05) is 17.7 Å². The summed E-state index contributed by atoms with van der Waals surface area (Å²) in [6, 6.07) is 5.01. The number of rotatable bonds is 5. The third-order valence-corrected chi connectivity index (χ3v) is 4.98. The van der Waals surface area contributed by atoms with Gasteiger partial charge in [-0.3, -0.25) is 9.40 Å². The van der Waals surface area contributed by atoms with Crippen molar-refractivity contribution < 1.29 is 21.6 Å². The zero-order valence-corrected chi connectivity index (χ0v) is 15.2. The van der Waals surface area contributed by atoms with Gasteiger partial charge in [0.05, 0.1) is 5.69 Å². The molecular weight excluding hydrogens is 381 g/mol. The molecule has 138 valence electrons. The fraction of sp³-hybridized carbons (Fsp3) is 0.357. The third kappa shape index (κ3) is 4.65. The summed E-state index contributed by atoms with van der Waals surface area (Å²) in [4.78, 5) is 1.89. The lowest BCUT2D eigenvalue weighted by molar-refractivity contribution is -0.141. The van der Waals surface area contributed by atoms with Crippen molar-refractivity contribution in [2.24, 2.45) is 7.05 Å². The molecule has 0 unspecified atom stereocenters. The van der Waals surface area contributed by atoms with Crippen LogP contribution in [-0.2, 0) is 29.8 Å². The molecule has 0 spiro atoms. The number of hydrogen-bond acceptors (Lipinski definition) is 4. The number of nitrogens with zero attached hydrogens (tertiary/aromatic N) is 3. The fourth-order valence-corrected chi connectivity index (χ4v) is 3.56. The number of alkyl halides is 3. The van der Waals surface area contributed by atoms with Gasteiger partial charge in [-0.15, -0.1) is 0 Å². The van der Waals surface area contributed by atoms with E-state index < -0.39 is 26.9 Å². The highest BCUT2D eigenvalue weighted by Crippen LogP contribution is 2.30. The van der Waals surface area contributed by atoms with Gasteiger partial charge in [0.1, 0.15) is 0 Å². The van der Waals surface area contributed by atoms with Crippen molar-refractivity contribution in [1.29, 1.82) is 0 Å². The van der Waals surface area contributed by atoms with E-state index in [-0.39, 0.29) is 5.69 Å². The summed E-state index contributed by atoms with van der Waals surface area (Å²) >= 11 is 6.12.